The van der Waals surface area contributed by atoms with Crippen molar-refractivity contribution in [3.63, 3.8) is 0 Å². The van der Waals surface area contributed by atoms with Gasteiger partial charge >= 0.3 is 0 Å². The van der Waals surface area contributed by atoms with Crippen LogP contribution >= 0.6 is 0 Å². The molecule has 2 rings (SSSR count). The highest BCUT2D eigenvalue weighted by atomic mass is 16.3. The van der Waals surface area contributed by atoms with Gasteiger partial charge in [0.15, 0.2) is 5.96 Å². The van der Waals surface area contributed by atoms with E-state index in [1.165, 1.54) is 12.8 Å². The van der Waals surface area contributed by atoms with Crippen LogP contribution in [-0.2, 0) is 0 Å². The monoisotopic (exact) mass is 197 g/mol. The van der Waals surface area contributed by atoms with Gasteiger partial charge in [0.1, 0.15) is 0 Å². The lowest BCUT2D eigenvalue weighted by Crippen LogP contribution is -2.43. The molecule has 4 nitrogen and oxygen atoms in total. The molecule has 0 aromatic rings. The first-order chi connectivity index (χ1) is 6.84. The van der Waals surface area contributed by atoms with Gasteiger partial charge in [-0.05, 0) is 31.6 Å². The molecule has 4 heteroatoms. The maximum atomic E-state index is 9.13. The van der Waals surface area contributed by atoms with Crippen LogP contribution < -0.4 is 10.6 Å². The molecule has 1 aliphatic carbocycles. The highest BCUT2D eigenvalue weighted by Gasteiger charge is 2.26. The Morgan fingerprint density at radius 1 is 1.43 bits per heavy atom. The molecule has 0 spiro atoms. The van der Waals surface area contributed by atoms with E-state index in [9.17, 15) is 0 Å². The maximum Gasteiger partial charge on any atom is 0.191 e. The van der Waals surface area contributed by atoms with Crippen molar-refractivity contribution >= 4 is 5.96 Å². The second-order valence-corrected chi connectivity index (χ2v) is 4.24. The Hall–Kier alpha value is -0.770. The predicted molar refractivity (Wildman–Crippen MR) is 56.3 cm³/mol. The zero-order valence-corrected chi connectivity index (χ0v) is 8.50. The number of nitrogens with zero attached hydrogens (tertiary/aromatic N) is 1. The van der Waals surface area contributed by atoms with E-state index in [-0.39, 0.29) is 6.10 Å². The average molecular weight is 197 g/mol. The zero-order valence-electron chi connectivity index (χ0n) is 8.50. The quantitative estimate of drug-likeness (QED) is 0.588. The van der Waals surface area contributed by atoms with Crippen LogP contribution in [0.15, 0.2) is 4.99 Å². The summed E-state index contributed by atoms with van der Waals surface area (Å²) >= 11 is 0. The summed E-state index contributed by atoms with van der Waals surface area (Å²) in [6, 6.07) is 0. The predicted octanol–water partition coefficient (Wildman–Crippen LogP) is 0.0863. The number of hydrogen-bond donors (Lipinski definition) is 3. The molecule has 0 radical (unpaired) electrons. The smallest absolute Gasteiger partial charge is 0.191 e. The molecule has 1 heterocycles. The van der Waals surface area contributed by atoms with Crippen LogP contribution in [0.2, 0.25) is 0 Å². The number of aliphatic imine (C=N–C) groups is 1. The number of guanidine groups is 1. The summed E-state index contributed by atoms with van der Waals surface area (Å²) in [6.45, 7) is 2.91. The van der Waals surface area contributed by atoms with E-state index in [4.69, 9.17) is 5.11 Å². The van der Waals surface area contributed by atoms with Crippen LogP contribution in [-0.4, -0.2) is 36.8 Å². The van der Waals surface area contributed by atoms with Crippen molar-refractivity contribution in [3.05, 3.63) is 0 Å². The van der Waals surface area contributed by atoms with E-state index < -0.39 is 0 Å². The summed E-state index contributed by atoms with van der Waals surface area (Å²) in [5.41, 5.74) is 0. The first kappa shape index (κ1) is 9.77. The minimum absolute atomic E-state index is 0.0502. The Bertz CT molecular complexity index is 211. The minimum Gasteiger partial charge on any atom is -0.393 e. The molecule has 0 bridgehead atoms. The Balaban J connectivity index is 1.66. The molecule has 0 unspecified atom stereocenters. The first-order valence-electron chi connectivity index (χ1n) is 5.55. The lowest BCUT2D eigenvalue weighted by molar-refractivity contribution is 0.0449. The molecule has 1 fully saturated rings. The minimum atomic E-state index is -0.0502. The molecule has 0 aromatic heterocycles. The SMILES string of the molecule is OC1CC(CNC2=NCCCCN2)C1. The van der Waals surface area contributed by atoms with E-state index in [2.05, 4.69) is 15.6 Å². The molecule has 3 N–H and O–H groups in total. The fraction of sp³-hybridized carbons (Fsp3) is 0.900. The number of aliphatic hydroxyl groups excluding tert-OH is 1. The van der Waals surface area contributed by atoms with Gasteiger partial charge in [0.25, 0.3) is 0 Å². The molecule has 0 saturated heterocycles. The second kappa shape index (κ2) is 4.64. The molecule has 0 amide bonds. The van der Waals surface area contributed by atoms with Crippen LogP contribution in [0.4, 0.5) is 0 Å². The molecule has 2 aliphatic rings. The molecule has 0 atom stereocenters. The Labute approximate surface area is 84.8 Å². The normalized spacial score (nSPS) is 32.2. The van der Waals surface area contributed by atoms with Crippen molar-refractivity contribution in [3.8, 4) is 0 Å². The number of hydrogen-bond acceptors (Lipinski definition) is 4. The Morgan fingerprint density at radius 2 is 2.29 bits per heavy atom. The van der Waals surface area contributed by atoms with Gasteiger partial charge in [-0.3, -0.25) is 4.99 Å². The van der Waals surface area contributed by atoms with E-state index >= 15 is 0 Å². The van der Waals surface area contributed by atoms with Gasteiger partial charge in [0.05, 0.1) is 6.10 Å². The lowest BCUT2D eigenvalue weighted by Gasteiger charge is -2.31. The number of nitrogens with one attached hydrogen (secondary N) is 2. The summed E-state index contributed by atoms with van der Waals surface area (Å²) in [5, 5.41) is 15.7. The number of rotatable bonds is 2. The summed E-state index contributed by atoms with van der Waals surface area (Å²) in [4.78, 5) is 4.40. The fourth-order valence-electron chi connectivity index (χ4n) is 1.92. The summed E-state index contributed by atoms with van der Waals surface area (Å²) in [6.07, 6.45) is 4.23. The van der Waals surface area contributed by atoms with Gasteiger partial charge in [-0.25, -0.2) is 0 Å². The van der Waals surface area contributed by atoms with Gasteiger partial charge < -0.3 is 15.7 Å². The van der Waals surface area contributed by atoms with Crippen LogP contribution in [0.25, 0.3) is 0 Å². The van der Waals surface area contributed by atoms with Crippen molar-refractivity contribution in [2.24, 2.45) is 10.9 Å². The van der Waals surface area contributed by atoms with Crippen molar-refractivity contribution in [1.29, 1.82) is 0 Å². The third-order valence-electron chi connectivity index (χ3n) is 2.92. The zero-order chi connectivity index (χ0) is 9.80. The highest BCUT2D eigenvalue weighted by Crippen LogP contribution is 2.25. The molecule has 14 heavy (non-hydrogen) atoms. The van der Waals surface area contributed by atoms with Gasteiger partial charge in [-0.15, -0.1) is 0 Å². The van der Waals surface area contributed by atoms with Crippen molar-refractivity contribution in [2.45, 2.75) is 31.8 Å². The van der Waals surface area contributed by atoms with Crippen LogP contribution in [0, 0.1) is 5.92 Å². The largest absolute Gasteiger partial charge is 0.393 e. The average Bonchev–Trinajstić information content (AvgIpc) is 2.38. The van der Waals surface area contributed by atoms with Gasteiger partial charge in [0, 0.05) is 19.6 Å². The van der Waals surface area contributed by atoms with E-state index in [1.54, 1.807) is 0 Å². The summed E-state index contributed by atoms with van der Waals surface area (Å²) in [5.74, 6) is 1.58. The third kappa shape index (κ3) is 2.61. The van der Waals surface area contributed by atoms with Gasteiger partial charge in [0.2, 0.25) is 0 Å². The third-order valence-corrected chi connectivity index (χ3v) is 2.92. The van der Waals surface area contributed by atoms with Gasteiger partial charge in [-0.2, -0.15) is 0 Å². The maximum absolute atomic E-state index is 9.13. The van der Waals surface area contributed by atoms with E-state index in [1.807, 2.05) is 0 Å². The molecule has 0 aromatic carbocycles. The standard InChI is InChI=1S/C10H19N3O/c14-9-5-8(6-9)7-13-10-11-3-1-2-4-12-10/h8-9,14H,1-7H2,(H2,11,12,13). The molecular weight excluding hydrogens is 178 g/mol. The Kier molecular flexibility index (Phi) is 3.24. The summed E-state index contributed by atoms with van der Waals surface area (Å²) < 4.78 is 0. The van der Waals surface area contributed by atoms with Crippen molar-refractivity contribution in [1.82, 2.24) is 10.6 Å². The molecule has 1 aliphatic heterocycles. The summed E-state index contributed by atoms with van der Waals surface area (Å²) in [7, 11) is 0. The molecular formula is C10H19N3O. The van der Waals surface area contributed by atoms with Gasteiger partial charge in [-0.1, -0.05) is 0 Å². The molecule has 1 saturated carbocycles. The van der Waals surface area contributed by atoms with Crippen molar-refractivity contribution < 1.29 is 5.11 Å². The van der Waals surface area contributed by atoms with Crippen LogP contribution in [0.1, 0.15) is 25.7 Å². The topological polar surface area (TPSA) is 56.6 Å². The first-order valence-corrected chi connectivity index (χ1v) is 5.55. The van der Waals surface area contributed by atoms with Crippen LogP contribution in [0.3, 0.4) is 0 Å². The van der Waals surface area contributed by atoms with E-state index in [0.29, 0.717) is 5.92 Å². The highest BCUT2D eigenvalue weighted by molar-refractivity contribution is 5.79. The molecule has 80 valence electrons. The lowest BCUT2D eigenvalue weighted by atomic mass is 9.82. The number of aliphatic hydroxyl groups is 1. The fourth-order valence-corrected chi connectivity index (χ4v) is 1.92. The Morgan fingerprint density at radius 3 is 3.07 bits per heavy atom. The van der Waals surface area contributed by atoms with E-state index in [0.717, 1.165) is 38.4 Å². The van der Waals surface area contributed by atoms with Crippen LogP contribution in [0.5, 0.6) is 0 Å². The van der Waals surface area contributed by atoms with Crippen molar-refractivity contribution in [2.75, 3.05) is 19.6 Å². The second-order valence-electron chi connectivity index (χ2n) is 4.24.